The predicted octanol–water partition coefficient (Wildman–Crippen LogP) is 2.36. The zero-order valence-corrected chi connectivity index (χ0v) is 17.0. The van der Waals surface area contributed by atoms with Crippen molar-refractivity contribution in [1.82, 2.24) is 5.32 Å². The third kappa shape index (κ3) is 5.92. The second-order valence-electron chi connectivity index (χ2n) is 5.52. The summed E-state index contributed by atoms with van der Waals surface area (Å²) < 4.78 is 26.5. The Labute approximate surface area is 155 Å². The topological polar surface area (TPSA) is 101 Å². The molecule has 0 atom stereocenters. The third-order valence-corrected chi connectivity index (χ3v) is 6.95. The molecule has 0 aliphatic carbocycles. The standard InChI is InChI=1S/C16H28N2O7Si/c1-21-15-10-13(14(18(19)20)11-16(15)22-2)12-17-8-6-7-9-26(23-3,24-4)25-5/h10-11,17H,6-9,12H2,1-5H3. The number of benzene rings is 1. The van der Waals surface area contributed by atoms with E-state index in [1.165, 1.54) is 20.3 Å². The molecule has 10 heteroatoms. The van der Waals surface area contributed by atoms with Crippen LogP contribution in [0.2, 0.25) is 6.04 Å². The van der Waals surface area contributed by atoms with E-state index in [2.05, 4.69) is 5.32 Å². The maximum atomic E-state index is 11.3. The zero-order chi connectivity index (χ0) is 19.6. The maximum Gasteiger partial charge on any atom is 0.500 e. The molecule has 148 valence electrons. The molecule has 1 rings (SSSR count). The molecule has 0 aliphatic rings. The van der Waals surface area contributed by atoms with E-state index < -0.39 is 13.7 Å². The van der Waals surface area contributed by atoms with E-state index in [0.717, 1.165) is 12.8 Å². The molecule has 0 amide bonds. The molecule has 0 unspecified atom stereocenters. The number of hydrogen-bond donors (Lipinski definition) is 1. The highest BCUT2D eigenvalue weighted by atomic mass is 28.4. The van der Waals surface area contributed by atoms with Crippen molar-refractivity contribution < 1.29 is 27.7 Å². The van der Waals surface area contributed by atoms with Crippen molar-refractivity contribution >= 4 is 14.5 Å². The highest BCUT2D eigenvalue weighted by Crippen LogP contribution is 2.34. The first-order valence-corrected chi connectivity index (χ1v) is 10.2. The van der Waals surface area contributed by atoms with Gasteiger partial charge in [0.05, 0.1) is 25.2 Å². The van der Waals surface area contributed by atoms with Gasteiger partial charge in [0.1, 0.15) is 0 Å². The lowest BCUT2D eigenvalue weighted by atomic mass is 10.1. The van der Waals surface area contributed by atoms with Crippen molar-refractivity contribution in [1.29, 1.82) is 0 Å². The number of methoxy groups -OCH3 is 2. The summed E-state index contributed by atoms with van der Waals surface area (Å²) in [6, 6.07) is 3.73. The van der Waals surface area contributed by atoms with E-state index in [1.807, 2.05) is 0 Å². The van der Waals surface area contributed by atoms with Crippen LogP contribution in [0.25, 0.3) is 0 Å². The molecule has 1 aromatic rings. The van der Waals surface area contributed by atoms with Gasteiger partial charge in [0, 0.05) is 39.5 Å². The van der Waals surface area contributed by atoms with Crippen molar-refractivity contribution in [3.63, 3.8) is 0 Å². The Morgan fingerprint density at radius 2 is 1.58 bits per heavy atom. The van der Waals surface area contributed by atoms with Crippen molar-refractivity contribution in [2.45, 2.75) is 25.4 Å². The van der Waals surface area contributed by atoms with Crippen molar-refractivity contribution in [3.8, 4) is 11.5 Å². The summed E-state index contributed by atoms with van der Waals surface area (Å²) in [6.07, 6.45) is 1.73. The molecule has 0 fully saturated rings. The largest absolute Gasteiger partial charge is 0.500 e. The minimum Gasteiger partial charge on any atom is -0.493 e. The molecule has 1 N–H and O–H groups in total. The van der Waals surface area contributed by atoms with Crippen LogP contribution in [0.3, 0.4) is 0 Å². The van der Waals surface area contributed by atoms with Crippen LogP contribution in [0.15, 0.2) is 12.1 Å². The van der Waals surface area contributed by atoms with Crippen LogP contribution < -0.4 is 14.8 Å². The van der Waals surface area contributed by atoms with Gasteiger partial charge in [-0.2, -0.15) is 0 Å². The summed E-state index contributed by atoms with van der Waals surface area (Å²) in [4.78, 5) is 10.9. The molecule has 9 nitrogen and oxygen atoms in total. The fourth-order valence-electron chi connectivity index (χ4n) is 2.59. The van der Waals surface area contributed by atoms with Gasteiger partial charge in [0.15, 0.2) is 11.5 Å². The fourth-order valence-corrected chi connectivity index (χ4v) is 4.39. The quantitative estimate of drug-likeness (QED) is 0.238. The Morgan fingerprint density at radius 3 is 2.08 bits per heavy atom. The molecule has 0 saturated heterocycles. The SMILES string of the molecule is COc1cc(CNCCCC[Si](OC)(OC)OC)c([N+](=O)[O-])cc1OC. The van der Waals surface area contributed by atoms with Gasteiger partial charge in [-0.1, -0.05) is 0 Å². The summed E-state index contributed by atoms with van der Waals surface area (Å²) in [7, 11) is 5.18. The average molecular weight is 388 g/mol. The summed E-state index contributed by atoms with van der Waals surface area (Å²) in [5, 5.41) is 14.5. The van der Waals surface area contributed by atoms with Gasteiger partial charge in [0.25, 0.3) is 5.69 Å². The van der Waals surface area contributed by atoms with Gasteiger partial charge in [-0.3, -0.25) is 10.1 Å². The first-order valence-electron chi connectivity index (χ1n) is 8.22. The molecule has 0 aromatic heterocycles. The van der Waals surface area contributed by atoms with E-state index in [4.69, 9.17) is 22.8 Å². The monoisotopic (exact) mass is 388 g/mol. The fraction of sp³-hybridized carbons (Fsp3) is 0.625. The lowest BCUT2D eigenvalue weighted by Gasteiger charge is -2.24. The van der Waals surface area contributed by atoms with Crippen LogP contribution in [0.4, 0.5) is 5.69 Å². The summed E-state index contributed by atoms with van der Waals surface area (Å²) >= 11 is 0. The van der Waals surface area contributed by atoms with Crippen LogP contribution in [0, 0.1) is 10.1 Å². The van der Waals surface area contributed by atoms with Crippen LogP contribution >= 0.6 is 0 Å². The van der Waals surface area contributed by atoms with E-state index in [-0.39, 0.29) is 5.69 Å². The van der Waals surface area contributed by atoms with Gasteiger partial charge < -0.3 is 28.1 Å². The molecule has 0 bridgehead atoms. The van der Waals surface area contributed by atoms with Crippen molar-refractivity contribution in [2.75, 3.05) is 42.1 Å². The van der Waals surface area contributed by atoms with Crippen molar-refractivity contribution in [3.05, 3.63) is 27.8 Å². The van der Waals surface area contributed by atoms with Gasteiger partial charge >= 0.3 is 8.80 Å². The van der Waals surface area contributed by atoms with E-state index >= 15 is 0 Å². The first-order chi connectivity index (χ1) is 12.5. The molecular formula is C16H28N2O7Si. The smallest absolute Gasteiger partial charge is 0.493 e. The van der Waals surface area contributed by atoms with Gasteiger partial charge in [0.2, 0.25) is 0 Å². The van der Waals surface area contributed by atoms with E-state index in [9.17, 15) is 10.1 Å². The summed E-state index contributed by atoms with van der Waals surface area (Å²) in [6.45, 7) is 1.06. The number of ether oxygens (including phenoxy) is 2. The number of hydrogen-bond acceptors (Lipinski definition) is 8. The second-order valence-corrected chi connectivity index (χ2v) is 8.61. The van der Waals surface area contributed by atoms with E-state index in [0.29, 0.717) is 36.2 Å². The molecule has 26 heavy (non-hydrogen) atoms. The Balaban J connectivity index is 2.58. The van der Waals surface area contributed by atoms with Gasteiger partial charge in [-0.25, -0.2) is 0 Å². The first kappa shape index (κ1) is 22.3. The Hall–Kier alpha value is -1.72. The molecular weight excluding hydrogens is 360 g/mol. The summed E-state index contributed by atoms with van der Waals surface area (Å²) in [5.41, 5.74) is 0.543. The minimum absolute atomic E-state index is 0.000256. The highest BCUT2D eigenvalue weighted by molar-refractivity contribution is 6.60. The lowest BCUT2D eigenvalue weighted by Crippen LogP contribution is -2.42. The zero-order valence-electron chi connectivity index (χ0n) is 16.0. The Kier molecular flexibility index (Phi) is 9.52. The molecule has 1 aromatic carbocycles. The number of nitrogens with one attached hydrogen (secondary N) is 1. The Bertz CT molecular complexity index is 574. The number of nitro benzene ring substituents is 1. The molecule has 0 spiro atoms. The number of nitro groups is 1. The number of unbranched alkanes of at least 4 members (excludes halogenated alkanes) is 1. The number of nitrogens with zero attached hydrogens (tertiary/aromatic N) is 1. The molecule has 0 saturated carbocycles. The van der Waals surface area contributed by atoms with Gasteiger partial charge in [-0.05, 0) is 25.5 Å². The molecule has 0 heterocycles. The Morgan fingerprint density at radius 1 is 1.00 bits per heavy atom. The van der Waals surface area contributed by atoms with Crippen LogP contribution in [0.5, 0.6) is 11.5 Å². The van der Waals surface area contributed by atoms with E-state index in [1.54, 1.807) is 27.4 Å². The van der Waals surface area contributed by atoms with Crippen LogP contribution in [-0.4, -0.2) is 55.8 Å². The molecule has 0 radical (unpaired) electrons. The molecule has 0 aliphatic heterocycles. The second kappa shape index (κ2) is 11.1. The maximum absolute atomic E-state index is 11.3. The lowest BCUT2D eigenvalue weighted by molar-refractivity contribution is -0.385. The third-order valence-electron chi connectivity index (χ3n) is 4.12. The minimum atomic E-state index is -2.54. The normalized spacial score (nSPS) is 11.4. The number of rotatable bonds is 13. The highest BCUT2D eigenvalue weighted by Gasteiger charge is 2.36. The van der Waals surface area contributed by atoms with Crippen molar-refractivity contribution in [2.24, 2.45) is 0 Å². The van der Waals surface area contributed by atoms with Crippen LogP contribution in [-0.2, 0) is 19.8 Å². The summed E-state index contributed by atoms with van der Waals surface area (Å²) in [5.74, 6) is 0.800. The van der Waals surface area contributed by atoms with Gasteiger partial charge in [-0.15, -0.1) is 0 Å². The predicted molar refractivity (Wildman–Crippen MR) is 98.7 cm³/mol. The van der Waals surface area contributed by atoms with Crippen LogP contribution in [0.1, 0.15) is 18.4 Å². The average Bonchev–Trinajstić information content (AvgIpc) is 2.67.